The number of rotatable bonds is 4. The van der Waals surface area contributed by atoms with E-state index in [4.69, 9.17) is 21.1 Å². The molecule has 30 heavy (non-hydrogen) atoms. The second-order valence-corrected chi connectivity index (χ2v) is 8.53. The number of halogens is 1. The fourth-order valence-electron chi connectivity index (χ4n) is 4.01. The smallest absolute Gasteiger partial charge is 0.318 e. The zero-order chi connectivity index (χ0) is 20.9. The third kappa shape index (κ3) is 2.93. The van der Waals surface area contributed by atoms with Crippen molar-refractivity contribution in [2.75, 3.05) is 7.11 Å². The van der Waals surface area contributed by atoms with Gasteiger partial charge in [0.1, 0.15) is 11.5 Å². The van der Waals surface area contributed by atoms with Gasteiger partial charge in [-0.15, -0.1) is 11.6 Å². The first-order valence-electron chi connectivity index (χ1n) is 9.97. The first-order chi connectivity index (χ1) is 14.5. The van der Waals surface area contributed by atoms with Crippen LogP contribution in [0, 0.1) is 5.41 Å². The molecular formula is C26H21ClO3. The molecule has 0 radical (unpaired) electrons. The van der Waals surface area contributed by atoms with E-state index in [1.54, 1.807) is 7.11 Å². The highest BCUT2D eigenvalue weighted by atomic mass is 35.5. The van der Waals surface area contributed by atoms with Gasteiger partial charge in [0.2, 0.25) is 0 Å². The van der Waals surface area contributed by atoms with E-state index in [1.807, 2.05) is 61.5 Å². The number of hydrogen-bond acceptors (Lipinski definition) is 3. The molecular weight excluding hydrogens is 396 g/mol. The first kappa shape index (κ1) is 19.0. The van der Waals surface area contributed by atoms with Gasteiger partial charge in [0.15, 0.2) is 0 Å². The summed E-state index contributed by atoms with van der Waals surface area (Å²) >= 11 is 6.21. The minimum absolute atomic E-state index is 0.180. The Morgan fingerprint density at radius 2 is 1.37 bits per heavy atom. The van der Waals surface area contributed by atoms with Crippen LogP contribution in [-0.2, 0) is 4.79 Å². The van der Waals surface area contributed by atoms with Gasteiger partial charge >= 0.3 is 5.97 Å². The lowest BCUT2D eigenvalue weighted by Gasteiger charge is -2.19. The number of benzene rings is 4. The molecule has 0 unspecified atom stereocenters. The van der Waals surface area contributed by atoms with Gasteiger partial charge in [-0.3, -0.25) is 4.79 Å². The average Bonchev–Trinajstić information content (AvgIpc) is 3.40. The largest absolute Gasteiger partial charge is 0.496 e. The van der Waals surface area contributed by atoms with Crippen molar-refractivity contribution in [3.63, 3.8) is 0 Å². The standard InChI is InChI=1S/C26H21ClO3/c1-26(15-22(26)27)25(28)30-21-14-12-17-8-4-6-10-19(17)24(21)23-18-9-5-3-7-16(18)11-13-20(23)29-2/h3-14,22H,15H2,1-2H3/t22-,26+/m1/s1. The van der Waals surface area contributed by atoms with E-state index in [-0.39, 0.29) is 11.3 Å². The number of alkyl halides is 1. The maximum atomic E-state index is 12.9. The first-order valence-corrected chi connectivity index (χ1v) is 10.4. The molecule has 5 rings (SSSR count). The van der Waals surface area contributed by atoms with Crippen LogP contribution in [0.15, 0.2) is 72.8 Å². The number of carbonyl (C=O) groups excluding carboxylic acids is 1. The molecule has 0 saturated heterocycles. The van der Waals surface area contributed by atoms with Crippen LogP contribution in [0.3, 0.4) is 0 Å². The Morgan fingerprint density at radius 3 is 1.90 bits per heavy atom. The van der Waals surface area contributed by atoms with E-state index < -0.39 is 5.41 Å². The molecule has 1 aliphatic carbocycles. The molecule has 0 spiro atoms. The Bertz CT molecular complexity index is 1300. The molecule has 4 aromatic rings. The molecule has 1 fully saturated rings. The van der Waals surface area contributed by atoms with Crippen LogP contribution < -0.4 is 9.47 Å². The van der Waals surface area contributed by atoms with Crippen LogP contribution in [0.4, 0.5) is 0 Å². The van der Waals surface area contributed by atoms with Gasteiger partial charge in [0, 0.05) is 11.1 Å². The molecule has 0 aliphatic heterocycles. The van der Waals surface area contributed by atoms with Crippen LogP contribution in [0.5, 0.6) is 11.5 Å². The summed E-state index contributed by atoms with van der Waals surface area (Å²) in [5, 5.41) is 4.02. The minimum atomic E-state index is -0.632. The Kier molecular flexibility index (Phi) is 4.44. The fourth-order valence-corrected chi connectivity index (χ4v) is 4.42. The second-order valence-electron chi connectivity index (χ2n) is 8.00. The summed E-state index contributed by atoms with van der Waals surface area (Å²) in [6.45, 7) is 1.85. The average molecular weight is 417 g/mol. The van der Waals surface area contributed by atoms with Crippen LogP contribution in [0.2, 0.25) is 0 Å². The number of hydrogen-bond donors (Lipinski definition) is 0. The predicted octanol–water partition coefficient (Wildman–Crippen LogP) is 6.59. The van der Waals surface area contributed by atoms with Gasteiger partial charge in [0.05, 0.1) is 17.9 Å². The van der Waals surface area contributed by atoms with Crippen LogP contribution in [0.25, 0.3) is 32.7 Å². The van der Waals surface area contributed by atoms with Crippen molar-refractivity contribution in [3.05, 3.63) is 72.8 Å². The lowest BCUT2D eigenvalue weighted by Crippen LogP contribution is -2.21. The van der Waals surface area contributed by atoms with Crippen molar-refractivity contribution >= 4 is 39.1 Å². The Balaban J connectivity index is 1.80. The number of methoxy groups -OCH3 is 1. The molecule has 0 heterocycles. The van der Waals surface area contributed by atoms with E-state index in [2.05, 4.69) is 18.2 Å². The monoisotopic (exact) mass is 416 g/mol. The molecule has 150 valence electrons. The van der Waals surface area contributed by atoms with E-state index in [0.717, 1.165) is 38.4 Å². The van der Waals surface area contributed by atoms with Crippen molar-refractivity contribution < 1.29 is 14.3 Å². The summed E-state index contributed by atoms with van der Waals surface area (Å²) < 4.78 is 11.7. The third-order valence-electron chi connectivity index (χ3n) is 6.05. The summed E-state index contributed by atoms with van der Waals surface area (Å²) in [6, 6.07) is 24.1. The SMILES string of the molecule is COc1ccc2ccccc2c1-c1c(OC(=O)[C@@]2(C)C[C@H]2Cl)ccc2ccccc12. The molecule has 2 atom stereocenters. The van der Waals surface area contributed by atoms with Crippen molar-refractivity contribution in [2.45, 2.75) is 18.7 Å². The second kappa shape index (κ2) is 7.03. The molecule has 1 aliphatic rings. The molecule has 0 N–H and O–H groups in total. The summed E-state index contributed by atoms with van der Waals surface area (Å²) in [5.74, 6) is 0.957. The molecule has 3 nitrogen and oxygen atoms in total. The molecule has 4 aromatic carbocycles. The van der Waals surface area contributed by atoms with Crippen LogP contribution in [0.1, 0.15) is 13.3 Å². The number of carbonyl (C=O) groups is 1. The third-order valence-corrected chi connectivity index (χ3v) is 6.69. The summed E-state index contributed by atoms with van der Waals surface area (Å²) in [5.41, 5.74) is 1.14. The van der Waals surface area contributed by atoms with Crippen molar-refractivity contribution in [2.24, 2.45) is 5.41 Å². The summed E-state index contributed by atoms with van der Waals surface area (Å²) in [4.78, 5) is 12.9. The normalized spacial score (nSPS) is 20.3. The Labute approximate surface area is 180 Å². The topological polar surface area (TPSA) is 35.5 Å². The molecule has 4 heteroatoms. The molecule has 1 saturated carbocycles. The molecule has 0 aromatic heterocycles. The van der Waals surface area contributed by atoms with E-state index in [9.17, 15) is 4.79 Å². The molecule has 0 amide bonds. The highest BCUT2D eigenvalue weighted by molar-refractivity contribution is 6.25. The minimum Gasteiger partial charge on any atom is -0.496 e. The fraction of sp³-hybridized carbons (Fsp3) is 0.192. The zero-order valence-corrected chi connectivity index (χ0v) is 17.6. The quantitative estimate of drug-likeness (QED) is 0.214. The van der Waals surface area contributed by atoms with Gasteiger partial charge in [-0.25, -0.2) is 0 Å². The maximum Gasteiger partial charge on any atom is 0.318 e. The van der Waals surface area contributed by atoms with Crippen molar-refractivity contribution in [1.82, 2.24) is 0 Å². The maximum absolute atomic E-state index is 12.9. The van der Waals surface area contributed by atoms with E-state index >= 15 is 0 Å². The highest BCUT2D eigenvalue weighted by Gasteiger charge is 2.57. The molecule has 0 bridgehead atoms. The van der Waals surface area contributed by atoms with E-state index in [0.29, 0.717) is 12.2 Å². The summed E-state index contributed by atoms with van der Waals surface area (Å²) in [7, 11) is 1.66. The number of esters is 1. The van der Waals surface area contributed by atoms with Gasteiger partial charge in [-0.05, 0) is 47.0 Å². The van der Waals surface area contributed by atoms with Crippen molar-refractivity contribution in [3.8, 4) is 22.6 Å². The zero-order valence-electron chi connectivity index (χ0n) is 16.8. The predicted molar refractivity (Wildman–Crippen MR) is 121 cm³/mol. The number of fused-ring (bicyclic) bond motifs is 2. The van der Waals surface area contributed by atoms with Gasteiger partial charge in [-0.2, -0.15) is 0 Å². The Hall–Kier alpha value is -3.04. The Morgan fingerprint density at radius 1 is 0.867 bits per heavy atom. The van der Waals surface area contributed by atoms with Gasteiger partial charge in [-0.1, -0.05) is 60.7 Å². The number of ether oxygens (including phenoxy) is 2. The van der Waals surface area contributed by atoms with Crippen LogP contribution in [-0.4, -0.2) is 18.5 Å². The van der Waals surface area contributed by atoms with Gasteiger partial charge in [0.25, 0.3) is 0 Å². The van der Waals surface area contributed by atoms with Gasteiger partial charge < -0.3 is 9.47 Å². The van der Waals surface area contributed by atoms with Crippen LogP contribution >= 0.6 is 11.6 Å². The lowest BCUT2D eigenvalue weighted by molar-refractivity contribution is -0.139. The summed E-state index contributed by atoms with van der Waals surface area (Å²) in [6.07, 6.45) is 0.633. The lowest BCUT2D eigenvalue weighted by atomic mass is 9.92. The van der Waals surface area contributed by atoms with E-state index in [1.165, 1.54) is 0 Å². The van der Waals surface area contributed by atoms with Crippen molar-refractivity contribution in [1.29, 1.82) is 0 Å². The highest BCUT2D eigenvalue weighted by Crippen LogP contribution is 2.52.